The smallest absolute Gasteiger partial charge is 0.146 e. The maximum Gasteiger partial charge on any atom is 0.146 e. The van der Waals surface area contributed by atoms with Crippen LogP contribution in [0.5, 0.6) is 0 Å². The summed E-state index contributed by atoms with van der Waals surface area (Å²) in [5, 5.41) is 5.95. The van der Waals surface area contributed by atoms with E-state index >= 15 is 0 Å². The quantitative estimate of drug-likeness (QED) is 0.179. The van der Waals surface area contributed by atoms with Gasteiger partial charge in [0.25, 0.3) is 0 Å². The van der Waals surface area contributed by atoms with Gasteiger partial charge in [0.2, 0.25) is 0 Å². The zero-order valence-electron chi connectivity index (χ0n) is 27.1. The predicted molar refractivity (Wildman–Crippen MR) is 203 cm³/mol. The highest BCUT2D eigenvalue weighted by molar-refractivity contribution is 6.20. The second-order valence-electron chi connectivity index (χ2n) is 13.8. The molecule has 4 heteroatoms. The van der Waals surface area contributed by atoms with E-state index in [0.717, 1.165) is 50.0 Å². The second-order valence-corrected chi connectivity index (χ2v) is 13.8. The Morgan fingerprint density at radius 2 is 1.18 bits per heavy atom. The van der Waals surface area contributed by atoms with Gasteiger partial charge in [-0.15, -0.1) is 0 Å². The fraction of sp³-hybridized carbons (Fsp3) is 0.0667. The van der Waals surface area contributed by atoms with Crippen molar-refractivity contribution in [1.29, 1.82) is 0 Å². The van der Waals surface area contributed by atoms with E-state index in [4.69, 9.17) is 9.97 Å². The van der Waals surface area contributed by atoms with Crippen LogP contribution < -0.4 is 0 Å². The highest BCUT2D eigenvalue weighted by Gasteiger charge is 2.35. The van der Waals surface area contributed by atoms with Gasteiger partial charge in [-0.2, -0.15) is 0 Å². The highest BCUT2D eigenvalue weighted by Crippen LogP contribution is 2.49. The predicted octanol–water partition coefficient (Wildman–Crippen LogP) is 11.3. The first-order chi connectivity index (χ1) is 24.1. The van der Waals surface area contributed by atoms with E-state index in [9.17, 15) is 0 Å². The number of rotatable bonds is 2. The molecule has 230 valence electrons. The van der Waals surface area contributed by atoms with E-state index in [1.807, 2.05) is 6.20 Å². The van der Waals surface area contributed by atoms with Gasteiger partial charge in [0.1, 0.15) is 17.0 Å². The van der Waals surface area contributed by atoms with Gasteiger partial charge in [-0.25, -0.2) is 9.97 Å². The molecule has 0 amide bonds. The number of benzene rings is 6. The molecule has 10 aromatic rings. The lowest BCUT2D eigenvalue weighted by atomic mass is 9.82. The van der Waals surface area contributed by atoms with E-state index < -0.39 is 0 Å². The molecule has 0 saturated heterocycles. The van der Waals surface area contributed by atoms with Gasteiger partial charge in [0, 0.05) is 33.2 Å². The topological polar surface area (TPSA) is 35.1 Å². The Morgan fingerprint density at radius 1 is 0.510 bits per heavy atom. The van der Waals surface area contributed by atoms with Crippen LogP contribution in [-0.2, 0) is 5.41 Å². The number of para-hydroxylation sites is 2. The van der Waals surface area contributed by atoms with Crippen molar-refractivity contribution in [3.63, 3.8) is 0 Å². The molecule has 4 heterocycles. The van der Waals surface area contributed by atoms with Crippen LogP contribution in [0, 0.1) is 0 Å². The third kappa shape index (κ3) is 3.47. The molecule has 1 aliphatic carbocycles. The average molecular weight is 627 g/mol. The molecule has 49 heavy (non-hydrogen) atoms. The van der Waals surface area contributed by atoms with Crippen molar-refractivity contribution in [1.82, 2.24) is 18.9 Å². The normalized spacial score (nSPS) is 13.7. The summed E-state index contributed by atoms with van der Waals surface area (Å²) < 4.78 is 4.65. The molecule has 11 rings (SSSR count). The fourth-order valence-electron chi connectivity index (χ4n) is 8.68. The zero-order valence-corrected chi connectivity index (χ0v) is 27.1. The molecular formula is C45H30N4. The Morgan fingerprint density at radius 3 is 2.04 bits per heavy atom. The minimum atomic E-state index is -0.0209. The average Bonchev–Trinajstić information content (AvgIpc) is 3.78. The minimum Gasteiger partial charge on any atom is -0.292 e. The third-order valence-electron chi connectivity index (χ3n) is 11.0. The molecule has 1 aliphatic rings. The molecule has 0 unspecified atom stereocenters. The number of fused-ring (bicyclic) bond motifs is 15. The molecule has 0 bridgehead atoms. The monoisotopic (exact) mass is 626 g/mol. The largest absolute Gasteiger partial charge is 0.292 e. The van der Waals surface area contributed by atoms with E-state index in [-0.39, 0.29) is 5.41 Å². The van der Waals surface area contributed by atoms with Crippen LogP contribution in [0.3, 0.4) is 0 Å². The van der Waals surface area contributed by atoms with Gasteiger partial charge in [-0.3, -0.25) is 8.97 Å². The maximum atomic E-state index is 5.47. The lowest BCUT2D eigenvalue weighted by Crippen LogP contribution is -2.14. The summed E-state index contributed by atoms with van der Waals surface area (Å²) in [4.78, 5) is 10.5. The summed E-state index contributed by atoms with van der Waals surface area (Å²) >= 11 is 0. The van der Waals surface area contributed by atoms with E-state index in [0.29, 0.717) is 0 Å². The molecule has 0 atom stereocenters. The Balaban J connectivity index is 1.20. The van der Waals surface area contributed by atoms with Gasteiger partial charge in [0.05, 0.1) is 22.1 Å². The van der Waals surface area contributed by atoms with E-state index in [1.54, 1.807) is 0 Å². The van der Waals surface area contributed by atoms with Crippen LogP contribution in [0.25, 0.3) is 88.2 Å². The summed E-state index contributed by atoms with van der Waals surface area (Å²) in [7, 11) is 0. The number of pyridine rings is 2. The summed E-state index contributed by atoms with van der Waals surface area (Å²) in [6.45, 7) is 4.66. The Hall–Kier alpha value is -6.26. The molecule has 0 spiro atoms. The van der Waals surface area contributed by atoms with Gasteiger partial charge in [-0.1, -0.05) is 111 Å². The van der Waals surface area contributed by atoms with Crippen molar-refractivity contribution in [2.24, 2.45) is 0 Å². The van der Waals surface area contributed by atoms with E-state index in [2.05, 4.69) is 162 Å². The zero-order chi connectivity index (χ0) is 32.4. The van der Waals surface area contributed by atoms with Crippen molar-refractivity contribution in [3.05, 3.63) is 157 Å². The first-order valence-electron chi connectivity index (χ1n) is 16.9. The van der Waals surface area contributed by atoms with Crippen LogP contribution >= 0.6 is 0 Å². The van der Waals surface area contributed by atoms with Crippen LogP contribution in [-0.4, -0.2) is 18.9 Å². The number of imidazole rings is 1. The third-order valence-corrected chi connectivity index (χ3v) is 11.0. The Bertz CT molecular complexity index is 3030. The van der Waals surface area contributed by atoms with Crippen LogP contribution in [0.4, 0.5) is 0 Å². The molecule has 0 saturated carbocycles. The van der Waals surface area contributed by atoms with Crippen molar-refractivity contribution >= 4 is 60.2 Å². The molecule has 4 nitrogen and oxygen atoms in total. The summed E-state index contributed by atoms with van der Waals surface area (Å²) in [6, 6.07) is 50.6. The van der Waals surface area contributed by atoms with Crippen molar-refractivity contribution in [2.45, 2.75) is 19.3 Å². The summed E-state index contributed by atoms with van der Waals surface area (Å²) in [6.07, 6.45) is 1.95. The first-order valence-corrected chi connectivity index (χ1v) is 16.9. The molecule has 0 N–H and O–H groups in total. The highest BCUT2D eigenvalue weighted by atomic mass is 15.1. The molecule has 0 radical (unpaired) electrons. The lowest BCUT2D eigenvalue weighted by Gasteiger charge is -2.21. The van der Waals surface area contributed by atoms with Crippen LogP contribution in [0.1, 0.15) is 25.0 Å². The van der Waals surface area contributed by atoms with E-state index in [1.165, 1.54) is 49.4 Å². The minimum absolute atomic E-state index is 0.0209. The molecule has 4 aromatic heterocycles. The van der Waals surface area contributed by atoms with Crippen LogP contribution in [0.15, 0.2) is 146 Å². The standard InChI is InChI=1S/C45H30N4/c1-45(2)36-16-8-5-12-30(36)35-25-27(19-21-37(35)45)28-23-24-46-41(26-28)49-39-18-10-7-14-32(39)33-20-22-40-42(43(33)49)47-44-34-15-4-3-11-29(34)31-13-6-9-17-38(31)48(40)44/h3-26H,1-2H3. The SMILES string of the molecule is CC1(C)c2ccccc2-c2cc(-c3ccnc(-n4c5ccccc5c5ccc6c(nc7c8ccccc8c8ccccc8n67)c54)c3)ccc21. The van der Waals surface area contributed by atoms with Crippen LogP contribution in [0.2, 0.25) is 0 Å². The van der Waals surface area contributed by atoms with Gasteiger partial charge >= 0.3 is 0 Å². The second kappa shape index (κ2) is 9.42. The number of aromatic nitrogens is 4. The van der Waals surface area contributed by atoms with Gasteiger partial charge in [0.15, 0.2) is 0 Å². The molecule has 0 aliphatic heterocycles. The fourth-order valence-corrected chi connectivity index (χ4v) is 8.68. The van der Waals surface area contributed by atoms with Crippen molar-refractivity contribution in [3.8, 4) is 28.1 Å². The maximum absolute atomic E-state index is 5.47. The lowest BCUT2D eigenvalue weighted by molar-refractivity contribution is 0.660. The van der Waals surface area contributed by atoms with Gasteiger partial charge < -0.3 is 0 Å². The van der Waals surface area contributed by atoms with Crippen molar-refractivity contribution in [2.75, 3.05) is 0 Å². The van der Waals surface area contributed by atoms with Crippen molar-refractivity contribution < 1.29 is 0 Å². The number of hydrogen-bond donors (Lipinski definition) is 0. The van der Waals surface area contributed by atoms with Gasteiger partial charge in [-0.05, 0) is 81.2 Å². The number of nitrogens with zero attached hydrogens (tertiary/aromatic N) is 4. The number of hydrogen-bond acceptors (Lipinski definition) is 2. The summed E-state index contributed by atoms with van der Waals surface area (Å²) in [5.41, 5.74) is 14.1. The Kier molecular flexibility index (Phi) is 5.15. The molecule has 0 fully saturated rings. The summed E-state index contributed by atoms with van der Waals surface area (Å²) in [5.74, 6) is 0.879. The Labute approximate surface area is 282 Å². The molecule has 6 aromatic carbocycles. The first kappa shape index (κ1) is 26.8. The molecular weight excluding hydrogens is 597 g/mol.